The summed E-state index contributed by atoms with van der Waals surface area (Å²) in [5.74, 6) is 0.485. The van der Waals surface area contributed by atoms with Crippen LogP contribution in [0.2, 0.25) is 0 Å². The first kappa shape index (κ1) is 12.4. The van der Waals surface area contributed by atoms with Crippen LogP contribution in [0.25, 0.3) is 0 Å². The molecule has 0 N–H and O–H groups in total. The van der Waals surface area contributed by atoms with Gasteiger partial charge >= 0.3 is 0 Å². The number of amides is 1. The van der Waals surface area contributed by atoms with Crippen LogP contribution in [-0.4, -0.2) is 59.5 Å². The van der Waals surface area contributed by atoms with Crippen LogP contribution < -0.4 is 4.74 Å². The average Bonchev–Trinajstić information content (AvgIpc) is 2.77. The molecule has 0 unspecified atom stereocenters. The summed E-state index contributed by atoms with van der Waals surface area (Å²) in [7, 11) is 1.86. The summed E-state index contributed by atoms with van der Waals surface area (Å²) in [5.41, 5.74) is 0.571. The van der Waals surface area contributed by atoms with Crippen molar-refractivity contribution in [2.24, 2.45) is 0 Å². The second-order valence-electron chi connectivity index (χ2n) is 5.26. The largest absolute Gasteiger partial charge is 0.470 e. The van der Waals surface area contributed by atoms with Crippen molar-refractivity contribution in [3.05, 3.63) is 23.9 Å². The summed E-state index contributed by atoms with van der Waals surface area (Å²) in [6.45, 7) is 4.97. The summed E-state index contributed by atoms with van der Waals surface area (Å²) < 4.78 is 5.98. The molecule has 1 amide bonds. The fourth-order valence-electron chi connectivity index (χ4n) is 2.95. The van der Waals surface area contributed by atoms with Crippen molar-refractivity contribution in [2.75, 3.05) is 26.7 Å². The van der Waals surface area contributed by atoms with Crippen molar-refractivity contribution in [3.8, 4) is 5.88 Å². The van der Waals surface area contributed by atoms with Gasteiger partial charge in [-0.3, -0.25) is 9.69 Å². The van der Waals surface area contributed by atoms with Gasteiger partial charge in [0.1, 0.15) is 11.7 Å². The number of carbonyl (C=O) groups is 1. The fourth-order valence-corrected chi connectivity index (χ4v) is 2.95. The van der Waals surface area contributed by atoms with E-state index in [9.17, 15) is 4.79 Å². The smallest absolute Gasteiger partial charge is 0.259 e. The maximum atomic E-state index is 12.4. The molecule has 5 heteroatoms. The molecule has 0 saturated carbocycles. The van der Waals surface area contributed by atoms with Crippen LogP contribution in [-0.2, 0) is 0 Å². The molecule has 5 nitrogen and oxygen atoms in total. The maximum Gasteiger partial charge on any atom is 0.259 e. The average molecular weight is 261 g/mol. The Morgan fingerprint density at radius 1 is 1.47 bits per heavy atom. The monoisotopic (exact) mass is 261 g/mol. The van der Waals surface area contributed by atoms with Gasteiger partial charge in [0, 0.05) is 26.3 Å². The first-order valence-electron chi connectivity index (χ1n) is 6.82. The number of aromatic nitrogens is 1. The van der Waals surface area contributed by atoms with Gasteiger partial charge in [-0.2, -0.15) is 0 Å². The van der Waals surface area contributed by atoms with E-state index in [1.165, 1.54) is 0 Å². The number of hydrogen-bond acceptors (Lipinski definition) is 4. The molecule has 0 aliphatic carbocycles. The molecule has 1 aromatic heterocycles. The Morgan fingerprint density at radius 3 is 3.11 bits per heavy atom. The van der Waals surface area contributed by atoms with Crippen molar-refractivity contribution in [1.29, 1.82) is 0 Å². The number of likely N-dealkylation sites (N-methyl/N-ethyl adjacent to an activating group) is 1. The quantitative estimate of drug-likeness (QED) is 0.797. The number of carbonyl (C=O) groups excluding carboxylic acids is 1. The number of nitrogens with zero attached hydrogens (tertiary/aromatic N) is 3. The highest BCUT2D eigenvalue weighted by Gasteiger charge is 2.42. The van der Waals surface area contributed by atoms with E-state index in [-0.39, 0.29) is 18.1 Å². The third kappa shape index (κ3) is 2.08. The Hall–Kier alpha value is -1.62. The molecule has 2 atom stereocenters. The predicted molar refractivity (Wildman–Crippen MR) is 71.3 cm³/mol. The molecule has 0 radical (unpaired) electrons. The third-order valence-corrected chi connectivity index (χ3v) is 3.93. The molecule has 2 aliphatic heterocycles. The Bertz CT molecular complexity index is 491. The molecule has 2 aliphatic rings. The Balaban J connectivity index is 1.91. The minimum Gasteiger partial charge on any atom is -0.470 e. The van der Waals surface area contributed by atoms with Gasteiger partial charge in [-0.05, 0) is 25.1 Å². The van der Waals surface area contributed by atoms with Crippen molar-refractivity contribution in [3.63, 3.8) is 0 Å². The first-order valence-corrected chi connectivity index (χ1v) is 6.82. The van der Waals surface area contributed by atoms with Crippen molar-refractivity contribution < 1.29 is 9.53 Å². The lowest BCUT2D eigenvalue weighted by molar-refractivity contribution is 0.0680. The molecule has 3 heterocycles. The molecule has 0 aromatic carbocycles. The van der Waals surface area contributed by atoms with E-state index in [0.29, 0.717) is 11.4 Å². The van der Waals surface area contributed by atoms with Gasteiger partial charge < -0.3 is 9.64 Å². The minimum atomic E-state index is 0.00829. The Morgan fingerprint density at radius 2 is 2.32 bits per heavy atom. The van der Waals surface area contributed by atoms with E-state index in [1.807, 2.05) is 11.9 Å². The van der Waals surface area contributed by atoms with Crippen LogP contribution in [0.3, 0.4) is 0 Å². The molecule has 0 bridgehead atoms. The number of fused-ring (bicyclic) bond motifs is 2. The zero-order valence-electron chi connectivity index (χ0n) is 11.4. The fraction of sp³-hybridized carbons (Fsp3) is 0.571. The van der Waals surface area contributed by atoms with Crippen LogP contribution in [0.5, 0.6) is 5.88 Å². The normalized spacial score (nSPS) is 26.6. The molecule has 1 saturated heterocycles. The first-order chi connectivity index (χ1) is 9.20. The van der Waals surface area contributed by atoms with E-state index >= 15 is 0 Å². The molecule has 1 fully saturated rings. The molecule has 19 heavy (non-hydrogen) atoms. The zero-order chi connectivity index (χ0) is 13.4. The highest BCUT2D eigenvalue weighted by Crippen LogP contribution is 2.28. The zero-order valence-corrected chi connectivity index (χ0v) is 11.4. The standard InChI is InChI=1S/C14H19N3O2/c1-3-7-17-8-11-12(9-17)19-13-10(5-4-6-15-13)14(18)16(11)2/h4-6,11-12H,3,7-9H2,1-2H3/t11-,12+/m1/s1. The molecule has 1 aromatic rings. The minimum absolute atomic E-state index is 0.00829. The summed E-state index contributed by atoms with van der Waals surface area (Å²) in [5, 5.41) is 0. The summed E-state index contributed by atoms with van der Waals surface area (Å²) in [6.07, 6.45) is 2.81. The van der Waals surface area contributed by atoms with Crippen molar-refractivity contribution in [1.82, 2.24) is 14.8 Å². The lowest BCUT2D eigenvalue weighted by Crippen LogP contribution is -2.44. The molecule has 3 rings (SSSR count). The summed E-state index contributed by atoms with van der Waals surface area (Å²) in [4.78, 5) is 20.8. The van der Waals surface area contributed by atoms with Gasteiger partial charge in [0.15, 0.2) is 0 Å². The van der Waals surface area contributed by atoms with Gasteiger partial charge in [0.05, 0.1) is 6.04 Å². The molecule has 0 spiro atoms. The maximum absolute atomic E-state index is 12.4. The number of ether oxygens (including phenoxy) is 1. The number of hydrogen-bond donors (Lipinski definition) is 0. The second kappa shape index (κ2) is 4.81. The molecular formula is C14H19N3O2. The van der Waals surface area contributed by atoms with Gasteiger partial charge in [-0.25, -0.2) is 4.98 Å². The second-order valence-corrected chi connectivity index (χ2v) is 5.26. The summed E-state index contributed by atoms with van der Waals surface area (Å²) >= 11 is 0. The molecular weight excluding hydrogens is 242 g/mol. The van der Waals surface area contributed by atoms with Gasteiger partial charge in [0.25, 0.3) is 5.91 Å². The van der Waals surface area contributed by atoms with E-state index in [1.54, 1.807) is 18.3 Å². The third-order valence-electron chi connectivity index (χ3n) is 3.93. The van der Waals surface area contributed by atoms with E-state index in [0.717, 1.165) is 26.1 Å². The predicted octanol–water partition coefficient (Wildman–Crippen LogP) is 1.01. The highest BCUT2D eigenvalue weighted by atomic mass is 16.5. The topological polar surface area (TPSA) is 45.7 Å². The number of pyridine rings is 1. The summed E-state index contributed by atoms with van der Waals surface area (Å²) in [6, 6.07) is 3.68. The van der Waals surface area contributed by atoms with Crippen LogP contribution in [0.1, 0.15) is 23.7 Å². The van der Waals surface area contributed by atoms with Gasteiger partial charge in [-0.1, -0.05) is 6.92 Å². The van der Waals surface area contributed by atoms with Crippen LogP contribution in [0.15, 0.2) is 18.3 Å². The van der Waals surface area contributed by atoms with Crippen LogP contribution in [0, 0.1) is 0 Å². The van der Waals surface area contributed by atoms with Gasteiger partial charge in [-0.15, -0.1) is 0 Å². The van der Waals surface area contributed by atoms with Crippen LogP contribution >= 0.6 is 0 Å². The Labute approximate surface area is 113 Å². The van der Waals surface area contributed by atoms with Crippen molar-refractivity contribution in [2.45, 2.75) is 25.5 Å². The highest BCUT2D eigenvalue weighted by molar-refractivity contribution is 5.96. The number of rotatable bonds is 2. The van der Waals surface area contributed by atoms with Crippen molar-refractivity contribution >= 4 is 5.91 Å². The lowest BCUT2D eigenvalue weighted by Gasteiger charge is -2.25. The molecule has 102 valence electrons. The van der Waals surface area contributed by atoms with Gasteiger partial charge in [0.2, 0.25) is 5.88 Å². The SMILES string of the molecule is CCCN1C[C@@H]2Oc3ncccc3C(=O)N(C)[C@@H]2C1. The lowest BCUT2D eigenvalue weighted by atomic mass is 10.2. The van der Waals surface area contributed by atoms with E-state index < -0.39 is 0 Å². The van der Waals surface area contributed by atoms with E-state index in [2.05, 4.69) is 16.8 Å². The van der Waals surface area contributed by atoms with E-state index in [4.69, 9.17) is 4.74 Å². The van der Waals surface area contributed by atoms with Crippen LogP contribution in [0.4, 0.5) is 0 Å². The Kier molecular flexibility index (Phi) is 3.14. The number of likely N-dealkylation sites (tertiary alicyclic amines) is 1.